The van der Waals surface area contributed by atoms with Crippen LogP contribution >= 0.6 is 0 Å². The quantitative estimate of drug-likeness (QED) is 0.596. The van der Waals surface area contributed by atoms with Crippen molar-refractivity contribution in [2.24, 2.45) is 0 Å². The van der Waals surface area contributed by atoms with E-state index in [1.807, 2.05) is 0 Å². The third-order valence-corrected chi connectivity index (χ3v) is 2.02. The summed E-state index contributed by atoms with van der Waals surface area (Å²) in [5, 5.41) is 16.5. The summed E-state index contributed by atoms with van der Waals surface area (Å²) in [6.07, 6.45) is 9.53. The smallest absolute Gasteiger partial charge is 0.0431 e. The van der Waals surface area contributed by atoms with Crippen molar-refractivity contribution in [3.05, 3.63) is 0 Å². The Hall–Kier alpha value is -0.0800. The van der Waals surface area contributed by atoms with Crippen LogP contribution in [-0.2, 0) is 0 Å². The van der Waals surface area contributed by atoms with Gasteiger partial charge >= 0.3 is 0 Å². The van der Waals surface area contributed by atoms with Gasteiger partial charge in [0.05, 0.1) is 0 Å². The Morgan fingerprint density at radius 2 is 1.00 bits per heavy atom. The predicted octanol–water partition coefficient (Wildman–Crippen LogP) is 3.12. The first-order chi connectivity index (χ1) is 6.83. The third-order valence-electron chi connectivity index (χ3n) is 2.02. The molecule has 0 radical (unpaired) electrons. The van der Waals surface area contributed by atoms with Gasteiger partial charge in [-0.2, -0.15) is 0 Å². The second-order valence-electron chi connectivity index (χ2n) is 3.57. The largest absolute Gasteiger partial charge is 0.396 e. The van der Waals surface area contributed by atoms with Gasteiger partial charge in [0.1, 0.15) is 0 Å². The van der Waals surface area contributed by atoms with Crippen LogP contribution in [0.25, 0.3) is 0 Å². The minimum Gasteiger partial charge on any atom is -0.396 e. The van der Waals surface area contributed by atoms with Crippen LogP contribution in [0.3, 0.4) is 0 Å². The standard InChI is InChI=1S/C8H18O.C4H10O/c1-2-3-4-5-6-7-8-9;1-2-3-4-5/h9H,2-8H2,1H3;5H,2-4H2,1H3. The van der Waals surface area contributed by atoms with E-state index in [1.54, 1.807) is 0 Å². The van der Waals surface area contributed by atoms with Gasteiger partial charge in [-0.3, -0.25) is 0 Å². The van der Waals surface area contributed by atoms with Gasteiger partial charge in [0.2, 0.25) is 0 Å². The Bertz CT molecular complexity index is 66.7. The summed E-state index contributed by atoms with van der Waals surface area (Å²) in [5.74, 6) is 0. The summed E-state index contributed by atoms with van der Waals surface area (Å²) in [6.45, 7) is 4.98. The van der Waals surface area contributed by atoms with E-state index < -0.39 is 0 Å². The molecule has 0 aromatic heterocycles. The van der Waals surface area contributed by atoms with Crippen LogP contribution in [0.15, 0.2) is 0 Å². The highest BCUT2D eigenvalue weighted by Crippen LogP contribution is 2.03. The lowest BCUT2D eigenvalue weighted by molar-refractivity contribution is 0.282. The zero-order valence-corrected chi connectivity index (χ0v) is 9.97. The monoisotopic (exact) mass is 204 g/mol. The molecule has 0 saturated heterocycles. The molecule has 0 aromatic rings. The van der Waals surface area contributed by atoms with Crippen molar-refractivity contribution >= 4 is 0 Å². The van der Waals surface area contributed by atoms with Crippen LogP contribution < -0.4 is 0 Å². The molecule has 2 nitrogen and oxygen atoms in total. The molecule has 0 atom stereocenters. The Kier molecular flexibility index (Phi) is 21.8. The highest BCUT2D eigenvalue weighted by molar-refractivity contribution is 4.41. The van der Waals surface area contributed by atoms with Crippen molar-refractivity contribution in [2.45, 2.75) is 65.2 Å². The lowest BCUT2D eigenvalue weighted by atomic mass is 10.1. The minimum atomic E-state index is 0.344. The molecule has 0 saturated carbocycles. The molecule has 0 aliphatic carbocycles. The molecule has 0 aliphatic rings. The van der Waals surface area contributed by atoms with Gasteiger partial charge in [-0.25, -0.2) is 0 Å². The van der Waals surface area contributed by atoms with Crippen molar-refractivity contribution in [3.8, 4) is 0 Å². The molecule has 2 N–H and O–H groups in total. The molecule has 0 fully saturated rings. The molecular formula is C12H28O2. The van der Waals surface area contributed by atoms with Gasteiger partial charge in [-0.05, 0) is 12.8 Å². The van der Waals surface area contributed by atoms with Crippen molar-refractivity contribution < 1.29 is 10.2 Å². The molecule has 0 aromatic carbocycles. The molecule has 88 valence electrons. The second-order valence-corrected chi connectivity index (χ2v) is 3.57. The van der Waals surface area contributed by atoms with E-state index in [0.29, 0.717) is 13.2 Å². The van der Waals surface area contributed by atoms with E-state index in [-0.39, 0.29) is 0 Å². The minimum absolute atomic E-state index is 0.344. The molecule has 2 heteroatoms. The van der Waals surface area contributed by atoms with E-state index in [4.69, 9.17) is 10.2 Å². The highest BCUT2D eigenvalue weighted by Gasteiger charge is 1.86. The van der Waals surface area contributed by atoms with Gasteiger partial charge in [-0.15, -0.1) is 0 Å². The van der Waals surface area contributed by atoms with Gasteiger partial charge in [0.15, 0.2) is 0 Å². The van der Waals surface area contributed by atoms with Gasteiger partial charge in [-0.1, -0.05) is 52.4 Å². The van der Waals surface area contributed by atoms with E-state index in [2.05, 4.69) is 13.8 Å². The summed E-state index contributed by atoms with van der Waals surface area (Å²) >= 11 is 0. The number of aliphatic hydroxyl groups excluding tert-OH is 2. The first-order valence-electron chi connectivity index (χ1n) is 6.05. The molecule has 0 bridgehead atoms. The maximum Gasteiger partial charge on any atom is 0.0431 e. The molecule has 0 unspecified atom stereocenters. The first-order valence-corrected chi connectivity index (χ1v) is 6.05. The van der Waals surface area contributed by atoms with Gasteiger partial charge in [0, 0.05) is 13.2 Å². The number of aliphatic hydroxyl groups is 2. The fraction of sp³-hybridized carbons (Fsp3) is 1.00. The molecule has 0 amide bonds. The molecular weight excluding hydrogens is 176 g/mol. The predicted molar refractivity (Wildman–Crippen MR) is 62.5 cm³/mol. The number of unbranched alkanes of at least 4 members (excludes halogenated alkanes) is 6. The molecule has 0 spiro atoms. The number of hydrogen-bond acceptors (Lipinski definition) is 2. The van der Waals surface area contributed by atoms with Gasteiger partial charge < -0.3 is 10.2 Å². The third kappa shape index (κ3) is 22.7. The fourth-order valence-corrected chi connectivity index (χ4v) is 1.05. The number of hydrogen-bond donors (Lipinski definition) is 2. The highest BCUT2D eigenvalue weighted by atomic mass is 16.3. The Balaban J connectivity index is 0. The molecule has 0 aliphatic heterocycles. The number of rotatable bonds is 8. The van der Waals surface area contributed by atoms with Gasteiger partial charge in [0.25, 0.3) is 0 Å². The van der Waals surface area contributed by atoms with Crippen molar-refractivity contribution in [1.29, 1.82) is 0 Å². The van der Waals surface area contributed by atoms with E-state index in [9.17, 15) is 0 Å². The lowest BCUT2D eigenvalue weighted by Gasteiger charge is -1.95. The van der Waals surface area contributed by atoms with Crippen molar-refractivity contribution in [3.63, 3.8) is 0 Å². The van der Waals surface area contributed by atoms with Crippen LogP contribution in [0, 0.1) is 0 Å². The van der Waals surface area contributed by atoms with E-state index >= 15 is 0 Å². The SMILES string of the molecule is CCCCCCCCO.CCCCO. The normalized spacial score (nSPS) is 9.43. The fourth-order valence-electron chi connectivity index (χ4n) is 1.05. The van der Waals surface area contributed by atoms with Crippen LogP contribution in [0.1, 0.15) is 65.2 Å². The topological polar surface area (TPSA) is 40.5 Å². The lowest BCUT2D eigenvalue weighted by Crippen LogP contribution is -1.82. The molecule has 14 heavy (non-hydrogen) atoms. The van der Waals surface area contributed by atoms with Crippen LogP contribution in [0.2, 0.25) is 0 Å². The average molecular weight is 204 g/mol. The second kappa shape index (κ2) is 18.7. The average Bonchev–Trinajstić information content (AvgIpc) is 2.20. The van der Waals surface area contributed by atoms with Crippen molar-refractivity contribution in [1.82, 2.24) is 0 Å². The Morgan fingerprint density at radius 3 is 1.36 bits per heavy atom. The van der Waals surface area contributed by atoms with Crippen molar-refractivity contribution in [2.75, 3.05) is 13.2 Å². The summed E-state index contributed by atoms with van der Waals surface area (Å²) in [7, 11) is 0. The summed E-state index contributed by atoms with van der Waals surface area (Å²) in [6, 6.07) is 0. The van der Waals surface area contributed by atoms with Crippen LogP contribution in [0.4, 0.5) is 0 Å². The Morgan fingerprint density at radius 1 is 0.571 bits per heavy atom. The first kappa shape index (κ1) is 16.4. The maximum atomic E-state index is 8.42. The summed E-state index contributed by atoms with van der Waals surface area (Å²) < 4.78 is 0. The zero-order valence-electron chi connectivity index (χ0n) is 9.97. The van der Waals surface area contributed by atoms with Crippen LogP contribution in [-0.4, -0.2) is 23.4 Å². The van der Waals surface area contributed by atoms with E-state index in [0.717, 1.165) is 19.3 Å². The molecule has 0 heterocycles. The maximum absolute atomic E-state index is 8.42. The summed E-state index contributed by atoms with van der Waals surface area (Å²) in [5.41, 5.74) is 0. The Labute approximate surface area is 89.3 Å². The van der Waals surface area contributed by atoms with Crippen LogP contribution in [0.5, 0.6) is 0 Å². The molecule has 0 rings (SSSR count). The summed E-state index contributed by atoms with van der Waals surface area (Å²) in [4.78, 5) is 0. The zero-order chi connectivity index (χ0) is 11.1. The van der Waals surface area contributed by atoms with E-state index in [1.165, 1.54) is 32.1 Å².